The molecule has 0 unspecified atom stereocenters. The molecule has 10 heavy (non-hydrogen) atoms. The molecule has 1 amide bonds. The average molecular weight is 142 g/mol. The molecule has 1 heterocycles. The van der Waals surface area contributed by atoms with Gasteiger partial charge in [0.2, 0.25) is 0 Å². The summed E-state index contributed by atoms with van der Waals surface area (Å²) in [6.07, 6.45) is 0. The molecule has 0 saturated carbocycles. The average Bonchev–Trinajstić information content (AvgIpc) is 1.88. The van der Waals surface area contributed by atoms with Crippen LogP contribution in [-0.4, -0.2) is 36.0 Å². The summed E-state index contributed by atoms with van der Waals surface area (Å²) >= 11 is 0. The standard InChI is InChI=1S/C7H12NO2/c1-6-5-10-4-3-8(6)7(2)9/h3-5H2,1-2H3/q+1. The Hall–Kier alpha value is -0.700. The molecule has 1 rings (SSSR count). The Labute approximate surface area is 60.3 Å². The number of rotatable bonds is 0. The first-order valence-corrected chi connectivity index (χ1v) is 3.40. The predicted molar refractivity (Wildman–Crippen MR) is 37.3 cm³/mol. The second-order valence-corrected chi connectivity index (χ2v) is 2.46. The number of nitrogens with zero attached hydrogens (tertiary/aromatic N) is 1. The fourth-order valence-corrected chi connectivity index (χ4v) is 1.07. The van der Waals surface area contributed by atoms with Gasteiger partial charge in [-0.25, -0.2) is 4.79 Å². The molecule has 0 saturated heterocycles. The number of ether oxygens (including phenoxy) is 1. The highest BCUT2D eigenvalue weighted by molar-refractivity contribution is 5.84. The normalized spacial score (nSPS) is 19.4. The minimum Gasteiger partial charge on any atom is -0.364 e. The molecule has 56 valence electrons. The Morgan fingerprint density at radius 3 is 2.80 bits per heavy atom. The van der Waals surface area contributed by atoms with Gasteiger partial charge in [0.1, 0.15) is 13.2 Å². The summed E-state index contributed by atoms with van der Waals surface area (Å²) in [6.45, 7) is 5.47. The van der Waals surface area contributed by atoms with Gasteiger partial charge in [0.25, 0.3) is 0 Å². The summed E-state index contributed by atoms with van der Waals surface area (Å²) in [7, 11) is 0. The Kier molecular flexibility index (Phi) is 2.17. The van der Waals surface area contributed by atoms with Crippen molar-refractivity contribution in [2.75, 3.05) is 19.8 Å². The largest absolute Gasteiger partial charge is 0.383 e. The van der Waals surface area contributed by atoms with Crippen LogP contribution in [0.15, 0.2) is 0 Å². The molecular formula is C7H12NO2+. The van der Waals surface area contributed by atoms with Gasteiger partial charge >= 0.3 is 5.91 Å². The van der Waals surface area contributed by atoms with E-state index < -0.39 is 0 Å². The number of hydrogen-bond acceptors (Lipinski definition) is 2. The van der Waals surface area contributed by atoms with E-state index in [0.717, 1.165) is 5.71 Å². The predicted octanol–water partition coefficient (Wildman–Crippen LogP) is 0.0365. The molecule has 0 radical (unpaired) electrons. The molecule has 1 aliphatic rings. The smallest absolute Gasteiger partial charge is 0.364 e. The molecule has 0 aromatic carbocycles. The van der Waals surface area contributed by atoms with Crippen LogP contribution >= 0.6 is 0 Å². The van der Waals surface area contributed by atoms with Gasteiger partial charge in [0, 0.05) is 6.92 Å². The maximum absolute atomic E-state index is 10.9. The van der Waals surface area contributed by atoms with Gasteiger partial charge in [0.05, 0.1) is 6.92 Å². The topological polar surface area (TPSA) is 29.3 Å². The van der Waals surface area contributed by atoms with Crippen molar-refractivity contribution in [3.63, 3.8) is 0 Å². The second-order valence-electron chi connectivity index (χ2n) is 2.46. The van der Waals surface area contributed by atoms with E-state index in [2.05, 4.69) is 0 Å². The molecule has 0 aromatic rings. The van der Waals surface area contributed by atoms with E-state index in [4.69, 9.17) is 4.74 Å². The Bertz CT molecular complexity index is 184. The summed E-state index contributed by atoms with van der Waals surface area (Å²) in [5.41, 5.74) is 1.01. The maximum Gasteiger partial charge on any atom is 0.383 e. The van der Waals surface area contributed by atoms with Gasteiger partial charge in [0.15, 0.2) is 12.3 Å². The molecular weight excluding hydrogens is 130 g/mol. The van der Waals surface area contributed by atoms with Crippen molar-refractivity contribution < 1.29 is 14.1 Å². The van der Waals surface area contributed by atoms with Gasteiger partial charge < -0.3 is 4.74 Å². The SMILES string of the molecule is CC(=O)[N+]1=C(C)COCC1. The first-order chi connectivity index (χ1) is 4.72. The second kappa shape index (κ2) is 2.92. The number of carbonyl (C=O) groups excluding carboxylic acids is 1. The van der Waals surface area contributed by atoms with Crippen LogP contribution in [0.4, 0.5) is 0 Å². The van der Waals surface area contributed by atoms with Gasteiger partial charge in [-0.2, -0.15) is 4.58 Å². The van der Waals surface area contributed by atoms with Gasteiger partial charge in [-0.3, -0.25) is 0 Å². The lowest BCUT2D eigenvalue weighted by molar-refractivity contribution is -0.461. The van der Waals surface area contributed by atoms with Crippen LogP contribution in [0.5, 0.6) is 0 Å². The van der Waals surface area contributed by atoms with Gasteiger partial charge in [-0.15, -0.1) is 0 Å². The highest BCUT2D eigenvalue weighted by Crippen LogP contribution is 1.92. The lowest BCUT2D eigenvalue weighted by Crippen LogP contribution is -2.34. The van der Waals surface area contributed by atoms with Crippen molar-refractivity contribution in [1.29, 1.82) is 0 Å². The highest BCUT2D eigenvalue weighted by atomic mass is 16.5. The van der Waals surface area contributed by atoms with Crippen LogP contribution in [0.2, 0.25) is 0 Å². The lowest BCUT2D eigenvalue weighted by Gasteiger charge is -2.09. The monoisotopic (exact) mass is 142 g/mol. The highest BCUT2D eigenvalue weighted by Gasteiger charge is 2.19. The summed E-state index contributed by atoms with van der Waals surface area (Å²) < 4.78 is 6.88. The zero-order valence-electron chi connectivity index (χ0n) is 6.39. The fourth-order valence-electron chi connectivity index (χ4n) is 1.07. The molecule has 3 heteroatoms. The van der Waals surface area contributed by atoms with Crippen molar-refractivity contribution in [1.82, 2.24) is 0 Å². The Balaban J connectivity index is 2.78. The number of carbonyl (C=O) groups is 1. The third-order valence-electron chi connectivity index (χ3n) is 1.61. The Morgan fingerprint density at radius 1 is 1.70 bits per heavy atom. The van der Waals surface area contributed by atoms with Crippen LogP contribution in [0.25, 0.3) is 0 Å². The van der Waals surface area contributed by atoms with E-state index in [1.165, 1.54) is 0 Å². The van der Waals surface area contributed by atoms with E-state index in [1.807, 2.05) is 6.92 Å². The van der Waals surface area contributed by atoms with E-state index in [9.17, 15) is 4.79 Å². The van der Waals surface area contributed by atoms with Crippen LogP contribution in [-0.2, 0) is 9.53 Å². The van der Waals surface area contributed by atoms with Crippen molar-refractivity contribution in [3.05, 3.63) is 0 Å². The fraction of sp³-hybridized carbons (Fsp3) is 0.714. The van der Waals surface area contributed by atoms with Crippen molar-refractivity contribution in [3.8, 4) is 0 Å². The van der Waals surface area contributed by atoms with E-state index in [1.54, 1.807) is 11.5 Å². The van der Waals surface area contributed by atoms with Crippen molar-refractivity contribution >= 4 is 11.6 Å². The van der Waals surface area contributed by atoms with Crippen molar-refractivity contribution in [2.24, 2.45) is 0 Å². The third kappa shape index (κ3) is 1.42. The molecule has 0 fully saturated rings. The summed E-state index contributed by atoms with van der Waals surface area (Å²) in [5.74, 6) is 0.112. The molecule has 0 aliphatic carbocycles. The van der Waals surface area contributed by atoms with E-state index in [-0.39, 0.29) is 5.91 Å². The minimum atomic E-state index is 0.112. The lowest BCUT2D eigenvalue weighted by atomic mass is 10.3. The summed E-state index contributed by atoms with van der Waals surface area (Å²) in [4.78, 5) is 10.9. The first kappa shape index (κ1) is 7.41. The van der Waals surface area contributed by atoms with Crippen LogP contribution < -0.4 is 0 Å². The van der Waals surface area contributed by atoms with Crippen LogP contribution in [0, 0.1) is 0 Å². The zero-order chi connectivity index (χ0) is 7.56. The molecule has 1 aliphatic heterocycles. The molecule has 0 N–H and O–H groups in total. The van der Waals surface area contributed by atoms with Crippen molar-refractivity contribution in [2.45, 2.75) is 13.8 Å². The number of hydrogen-bond donors (Lipinski definition) is 0. The summed E-state index contributed by atoms with van der Waals surface area (Å²) in [6, 6.07) is 0. The Morgan fingerprint density at radius 2 is 2.40 bits per heavy atom. The third-order valence-corrected chi connectivity index (χ3v) is 1.61. The molecule has 3 nitrogen and oxygen atoms in total. The zero-order valence-corrected chi connectivity index (χ0v) is 6.39. The van der Waals surface area contributed by atoms with E-state index >= 15 is 0 Å². The van der Waals surface area contributed by atoms with Gasteiger partial charge in [-0.1, -0.05) is 0 Å². The van der Waals surface area contributed by atoms with Gasteiger partial charge in [-0.05, 0) is 0 Å². The molecule has 0 spiro atoms. The summed E-state index contributed by atoms with van der Waals surface area (Å²) in [5, 5.41) is 0. The minimum absolute atomic E-state index is 0.112. The van der Waals surface area contributed by atoms with Crippen LogP contribution in [0.1, 0.15) is 13.8 Å². The molecule has 0 bridgehead atoms. The van der Waals surface area contributed by atoms with Crippen LogP contribution in [0.3, 0.4) is 0 Å². The number of amides is 1. The quantitative estimate of drug-likeness (QED) is 0.447. The van der Waals surface area contributed by atoms with E-state index in [0.29, 0.717) is 19.8 Å². The maximum atomic E-state index is 10.9. The first-order valence-electron chi connectivity index (χ1n) is 3.40. The molecule has 0 atom stereocenters. The molecule has 0 aromatic heterocycles.